The molecule has 0 aromatic heterocycles. The van der Waals surface area contributed by atoms with E-state index in [2.05, 4.69) is 67.0 Å². The van der Waals surface area contributed by atoms with E-state index in [1.54, 1.807) is 0 Å². The monoisotopic (exact) mass is 323 g/mol. The van der Waals surface area contributed by atoms with Crippen LogP contribution < -0.4 is 0 Å². The van der Waals surface area contributed by atoms with E-state index in [1.165, 1.54) is 16.7 Å². The summed E-state index contributed by atoms with van der Waals surface area (Å²) in [5.41, 5.74) is 4.98. The molecule has 2 aromatic rings. The zero-order valence-electron chi connectivity index (χ0n) is 13.5. The molecule has 118 valence electrons. The molecule has 0 spiro atoms. The van der Waals surface area contributed by atoms with E-state index < -0.39 is 0 Å². The van der Waals surface area contributed by atoms with Crippen molar-refractivity contribution in [2.75, 3.05) is 6.54 Å². The summed E-state index contributed by atoms with van der Waals surface area (Å²) in [5, 5.41) is 0.765. The van der Waals surface area contributed by atoms with Crippen LogP contribution >= 0.6 is 11.6 Å². The summed E-state index contributed by atoms with van der Waals surface area (Å²) in [6.45, 7) is 8.40. The Morgan fingerprint density at radius 2 is 1.78 bits per heavy atom. The molecule has 1 aliphatic rings. The number of rotatable bonds is 4. The molecular weight excluding hydrogens is 302 g/mol. The predicted molar refractivity (Wildman–Crippen MR) is 99.6 cm³/mol. The van der Waals surface area contributed by atoms with Crippen molar-refractivity contribution in [2.24, 2.45) is 0 Å². The molecule has 0 bridgehead atoms. The maximum Gasteiger partial charge on any atom is 0.0406 e. The van der Waals surface area contributed by atoms with Crippen LogP contribution in [0.4, 0.5) is 0 Å². The number of hydrogen-bond acceptors (Lipinski definition) is 1. The van der Waals surface area contributed by atoms with E-state index in [0.717, 1.165) is 30.1 Å². The molecule has 3 rings (SSSR count). The van der Waals surface area contributed by atoms with Crippen LogP contribution in [0, 0.1) is 6.92 Å². The normalized spacial score (nSPS) is 18.1. The summed E-state index contributed by atoms with van der Waals surface area (Å²) in [7, 11) is 0. The molecule has 23 heavy (non-hydrogen) atoms. The SMILES string of the molecule is C=C(c1ccc(Cl)cc1)C1CC=CCN1Cc1ccc(C)cc1. The van der Waals surface area contributed by atoms with E-state index in [-0.39, 0.29) is 0 Å². The molecule has 1 atom stereocenters. The van der Waals surface area contributed by atoms with Crippen LogP contribution in [0.2, 0.25) is 5.02 Å². The molecule has 0 N–H and O–H groups in total. The van der Waals surface area contributed by atoms with Gasteiger partial charge in [0.05, 0.1) is 0 Å². The average molecular weight is 324 g/mol. The van der Waals surface area contributed by atoms with Gasteiger partial charge in [0.15, 0.2) is 0 Å². The van der Waals surface area contributed by atoms with E-state index in [4.69, 9.17) is 11.6 Å². The van der Waals surface area contributed by atoms with E-state index in [1.807, 2.05) is 12.1 Å². The van der Waals surface area contributed by atoms with Gasteiger partial charge in [0, 0.05) is 24.2 Å². The minimum absolute atomic E-state index is 0.336. The zero-order chi connectivity index (χ0) is 16.2. The lowest BCUT2D eigenvalue weighted by molar-refractivity contribution is 0.243. The van der Waals surface area contributed by atoms with Crippen molar-refractivity contribution in [3.8, 4) is 0 Å². The minimum Gasteiger partial charge on any atom is -0.288 e. The average Bonchev–Trinajstić information content (AvgIpc) is 2.57. The fourth-order valence-corrected chi connectivity index (χ4v) is 3.16. The quantitative estimate of drug-likeness (QED) is 0.672. The molecule has 2 heteroatoms. The predicted octanol–water partition coefficient (Wildman–Crippen LogP) is 5.49. The Balaban J connectivity index is 1.78. The highest BCUT2D eigenvalue weighted by Gasteiger charge is 2.23. The second kappa shape index (κ2) is 7.16. The lowest BCUT2D eigenvalue weighted by Gasteiger charge is -2.34. The van der Waals surface area contributed by atoms with Crippen molar-refractivity contribution in [2.45, 2.75) is 25.9 Å². The molecule has 0 saturated heterocycles. The summed E-state index contributed by atoms with van der Waals surface area (Å²) in [5.74, 6) is 0. The van der Waals surface area contributed by atoms with Crippen LogP contribution in [0.3, 0.4) is 0 Å². The molecule has 2 aromatic carbocycles. The molecule has 0 aliphatic carbocycles. The molecule has 1 unspecified atom stereocenters. The maximum absolute atomic E-state index is 6.00. The first-order valence-electron chi connectivity index (χ1n) is 8.03. The van der Waals surface area contributed by atoms with Crippen molar-refractivity contribution in [3.05, 3.63) is 89.0 Å². The van der Waals surface area contributed by atoms with Crippen LogP contribution in [-0.2, 0) is 6.54 Å². The van der Waals surface area contributed by atoms with Gasteiger partial charge in [0.25, 0.3) is 0 Å². The van der Waals surface area contributed by atoms with Gasteiger partial charge in [-0.15, -0.1) is 0 Å². The third-order valence-electron chi connectivity index (χ3n) is 4.43. The Kier molecular flexibility index (Phi) is 5.00. The third-order valence-corrected chi connectivity index (χ3v) is 4.68. The molecular formula is C21H22ClN. The fourth-order valence-electron chi connectivity index (χ4n) is 3.03. The highest BCUT2D eigenvalue weighted by molar-refractivity contribution is 6.30. The van der Waals surface area contributed by atoms with Crippen molar-refractivity contribution in [3.63, 3.8) is 0 Å². The van der Waals surface area contributed by atoms with Crippen molar-refractivity contribution < 1.29 is 0 Å². The molecule has 0 saturated carbocycles. The van der Waals surface area contributed by atoms with Gasteiger partial charge in [-0.3, -0.25) is 4.90 Å². The molecule has 0 radical (unpaired) electrons. The van der Waals surface area contributed by atoms with Crippen LogP contribution in [0.1, 0.15) is 23.1 Å². The van der Waals surface area contributed by atoms with E-state index >= 15 is 0 Å². The van der Waals surface area contributed by atoms with Crippen LogP contribution in [0.25, 0.3) is 5.57 Å². The summed E-state index contributed by atoms with van der Waals surface area (Å²) in [4.78, 5) is 2.49. The number of aryl methyl sites for hydroxylation is 1. The van der Waals surface area contributed by atoms with Crippen LogP contribution in [-0.4, -0.2) is 17.5 Å². The molecule has 1 aliphatic heterocycles. The van der Waals surface area contributed by atoms with Gasteiger partial charge in [-0.1, -0.05) is 72.3 Å². The van der Waals surface area contributed by atoms with Gasteiger partial charge in [-0.25, -0.2) is 0 Å². The highest BCUT2D eigenvalue weighted by Crippen LogP contribution is 2.28. The summed E-state index contributed by atoms with van der Waals surface area (Å²) >= 11 is 6.00. The lowest BCUT2D eigenvalue weighted by Crippen LogP contribution is -2.37. The van der Waals surface area contributed by atoms with Gasteiger partial charge >= 0.3 is 0 Å². The second-order valence-corrected chi connectivity index (χ2v) is 6.61. The lowest BCUT2D eigenvalue weighted by atomic mass is 9.94. The Labute approximate surface area is 143 Å². The van der Waals surface area contributed by atoms with Gasteiger partial charge in [-0.05, 0) is 42.2 Å². The Hall–Kier alpha value is -1.83. The topological polar surface area (TPSA) is 3.24 Å². The molecule has 0 fully saturated rings. The molecule has 1 nitrogen and oxygen atoms in total. The number of benzene rings is 2. The first-order valence-corrected chi connectivity index (χ1v) is 8.40. The second-order valence-electron chi connectivity index (χ2n) is 6.17. The summed E-state index contributed by atoms with van der Waals surface area (Å²) in [6, 6.07) is 17.1. The van der Waals surface area contributed by atoms with Gasteiger partial charge in [0.2, 0.25) is 0 Å². The van der Waals surface area contributed by atoms with E-state index in [0.29, 0.717) is 6.04 Å². The number of halogens is 1. The Bertz CT molecular complexity index is 698. The largest absolute Gasteiger partial charge is 0.288 e. The fraction of sp³-hybridized carbons (Fsp3) is 0.238. The van der Waals surface area contributed by atoms with E-state index in [9.17, 15) is 0 Å². The highest BCUT2D eigenvalue weighted by atomic mass is 35.5. The number of hydrogen-bond donors (Lipinski definition) is 0. The summed E-state index contributed by atoms with van der Waals surface area (Å²) < 4.78 is 0. The first-order chi connectivity index (χ1) is 11.1. The van der Waals surface area contributed by atoms with Crippen molar-refractivity contribution in [1.82, 2.24) is 4.90 Å². The van der Waals surface area contributed by atoms with Crippen LogP contribution in [0.5, 0.6) is 0 Å². The first kappa shape index (κ1) is 16.0. The number of nitrogens with zero attached hydrogens (tertiary/aromatic N) is 1. The maximum atomic E-state index is 6.00. The zero-order valence-corrected chi connectivity index (χ0v) is 14.3. The summed E-state index contributed by atoms with van der Waals surface area (Å²) in [6.07, 6.45) is 5.52. The van der Waals surface area contributed by atoms with Gasteiger partial charge < -0.3 is 0 Å². The molecule has 1 heterocycles. The smallest absolute Gasteiger partial charge is 0.0406 e. The van der Waals surface area contributed by atoms with Crippen molar-refractivity contribution in [1.29, 1.82) is 0 Å². The third kappa shape index (κ3) is 3.93. The van der Waals surface area contributed by atoms with Gasteiger partial charge in [-0.2, -0.15) is 0 Å². The van der Waals surface area contributed by atoms with Crippen molar-refractivity contribution >= 4 is 17.2 Å². The Morgan fingerprint density at radius 3 is 2.48 bits per heavy atom. The van der Waals surface area contributed by atoms with Gasteiger partial charge in [0.1, 0.15) is 0 Å². The standard InChI is InChI=1S/C21H22ClN/c1-16-6-8-18(9-7-16)15-23-14-4-3-5-21(23)17(2)19-10-12-20(22)13-11-19/h3-4,6-13,21H,2,5,14-15H2,1H3. The minimum atomic E-state index is 0.336. The van der Waals surface area contributed by atoms with Crippen LogP contribution in [0.15, 0.2) is 67.3 Å². The Morgan fingerprint density at radius 1 is 1.09 bits per heavy atom. The molecule has 0 amide bonds.